The molecular weight excluding hydrogens is 354 g/mol. The molecule has 26 heavy (non-hydrogen) atoms. The van der Waals surface area contributed by atoms with Gasteiger partial charge in [0, 0.05) is 37.9 Å². The predicted octanol–water partition coefficient (Wildman–Crippen LogP) is 1.58. The Morgan fingerprint density at radius 2 is 1.77 bits per heavy atom. The topological polar surface area (TPSA) is 76.8 Å². The molecule has 0 aliphatic carbocycles. The summed E-state index contributed by atoms with van der Waals surface area (Å²) >= 11 is 6.03. The van der Waals surface area contributed by atoms with Crippen molar-refractivity contribution in [1.29, 1.82) is 0 Å². The SMILES string of the molecule is NC(C(=O)NCC(c1ccc(Cl)cc1)N1CCOCC1)C1CCOCC1. The summed E-state index contributed by atoms with van der Waals surface area (Å²) in [5, 5.41) is 3.78. The summed E-state index contributed by atoms with van der Waals surface area (Å²) in [6.45, 7) is 5.00. The third-order valence-corrected chi connectivity index (χ3v) is 5.54. The average molecular weight is 382 g/mol. The van der Waals surface area contributed by atoms with E-state index < -0.39 is 6.04 Å². The van der Waals surface area contributed by atoms with Crippen LogP contribution < -0.4 is 11.1 Å². The van der Waals surface area contributed by atoms with Crippen LogP contribution in [0.1, 0.15) is 24.4 Å². The van der Waals surface area contributed by atoms with E-state index in [1.165, 1.54) is 0 Å². The van der Waals surface area contributed by atoms with Crippen molar-refractivity contribution in [2.24, 2.45) is 11.7 Å². The molecular formula is C19H28ClN3O3. The van der Waals surface area contributed by atoms with Gasteiger partial charge in [0.15, 0.2) is 0 Å². The Hall–Kier alpha value is -1.18. The van der Waals surface area contributed by atoms with E-state index in [0.717, 1.165) is 31.5 Å². The summed E-state index contributed by atoms with van der Waals surface area (Å²) in [6, 6.07) is 7.43. The van der Waals surface area contributed by atoms with Crippen molar-refractivity contribution >= 4 is 17.5 Å². The van der Waals surface area contributed by atoms with Crippen LogP contribution >= 0.6 is 11.6 Å². The Morgan fingerprint density at radius 1 is 1.15 bits per heavy atom. The molecule has 144 valence electrons. The Labute approximate surface area is 160 Å². The lowest BCUT2D eigenvalue weighted by Gasteiger charge is -2.35. The van der Waals surface area contributed by atoms with Crippen LogP contribution in [0.2, 0.25) is 5.02 Å². The van der Waals surface area contributed by atoms with E-state index >= 15 is 0 Å². The number of nitrogens with one attached hydrogen (secondary N) is 1. The first kappa shape index (κ1) is 19.6. The van der Waals surface area contributed by atoms with Crippen molar-refractivity contribution < 1.29 is 14.3 Å². The van der Waals surface area contributed by atoms with Crippen LogP contribution in [-0.2, 0) is 14.3 Å². The number of carbonyl (C=O) groups excluding carboxylic acids is 1. The molecule has 2 heterocycles. The molecule has 0 spiro atoms. The first-order chi connectivity index (χ1) is 12.6. The summed E-state index contributed by atoms with van der Waals surface area (Å²) < 4.78 is 10.8. The summed E-state index contributed by atoms with van der Waals surface area (Å²) in [5.74, 6) is 0.116. The molecule has 0 radical (unpaired) electrons. The highest BCUT2D eigenvalue weighted by Gasteiger charge is 2.28. The zero-order valence-electron chi connectivity index (χ0n) is 15.0. The lowest BCUT2D eigenvalue weighted by atomic mass is 9.92. The van der Waals surface area contributed by atoms with Gasteiger partial charge in [0.2, 0.25) is 5.91 Å². The van der Waals surface area contributed by atoms with Gasteiger partial charge in [-0.2, -0.15) is 0 Å². The molecule has 2 saturated heterocycles. The second-order valence-corrected chi connectivity index (χ2v) is 7.37. The smallest absolute Gasteiger partial charge is 0.237 e. The number of morpholine rings is 1. The molecule has 1 aromatic carbocycles. The maximum Gasteiger partial charge on any atom is 0.237 e. The number of nitrogens with two attached hydrogens (primary N) is 1. The maximum atomic E-state index is 12.6. The zero-order chi connectivity index (χ0) is 18.4. The molecule has 0 aromatic heterocycles. The van der Waals surface area contributed by atoms with E-state index in [1.54, 1.807) is 0 Å². The van der Waals surface area contributed by atoms with Crippen LogP contribution in [0.15, 0.2) is 24.3 Å². The van der Waals surface area contributed by atoms with E-state index in [0.29, 0.717) is 38.0 Å². The maximum absolute atomic E-state index is 12.6. The number of halogens is 1. The molecule has 0 saturated carbocycles. The average Bonchev–Trinajstić information content (AvgIpc) is 2.70. The number of amides is 1. The fourth-order valence-corrected chi connectivity index (χ4v) is 3.76. The third-order valence-electron chi connectivity index (χ3n) is 5.29. The Kier molecular flexibility index (Phi) is 7.28. The fourth-order valence-electron chi connectivity index (χ4n) is 3.64. The summed E-state index contributed by atoms with van der Waals surface area (Å²) in [4.78, 5) is 14.9. The third kappa shape index (κ3) is 5.18. The molecule has 1 aromatic rings. The van der Waals surface area contributed by atoms with Gasteiger partial charge in [0.1, 0.15) is 0 Å². The van der Waals surface area contributed by atoms with Crippen molar-refractivity contribution in [2.45, 2.75) is 24.9 Å². The van der Waals surface area contributed by atoms with Crippen LogP contribution in [0, 0.1) is 5.92 Å². The van der Waals surface area contributed by atoms with Gasteiger partial charge >= 0.3 is 0 Å². The number of ether oxygens (including phenoxy) is 2. The second kappa shape index (κ2) is 9.67. The largest absolute Gasteiger partial charge is 0.381 e. The quantitative estimate of drug-likeness (QED) is 0.782. The van der Waals surface area contributed by atoms with Crippen LogP contribution in [0.25, 0.3) is 0 Å². The highest BCUT2D eigenvalue weighted by molar-refractivity contribution is 6.30. The molecule has 2 unspecified atom stereocenters. The molecule has 3 rings (SSSR count). The molecule has 7 heteroatoms. The normalized spacial score (nSPS) is 21.9. The number of rotatable bonds is 6. The van der Waals surface area contributed by atoms with Gasteiger partial charge in [-0.25, -0.2) is 0 Å². The molecule has 2 aliphatic heterocycles. The minimum atomic E-state index is -0.477. The summed E-state index contributed by atoms with van der Waals surface area (Å²) in [5.41, 5.74) is 7.33. The fraction of sp³-hybridized carbons (Fsp3) is 0.632. The summed E-state index contributed by atoms with van der Waals surface area (Å²) in [7, 11) is 0. The van der Waals surface area contributed by atoms with Gasteiger partial charge < -0.3 is 20.5 Å². The van der Waals surface area contributed by atoms with Crippen LogP contribution in [0.5, 0.6) is 0 Å². The van der Waals surface area contributed by atoms with Crippen molar-refractivity contribution in [3.05, 3.63) is 34.9 Å². The second-order valence-electron chi connectivity index (χ2n) is 6.94. The van der Waals surface area contributed by atoms with Gasteiger partial charge in [-0.3, -0.25) is 9.69 Å². The molecule has 3 N–H and O–H groups in total. The highest BCUT2D eigenvalue weighted by atomic mass is 35.5. The monoisotopic (exact) mass is 381 g/mol. The van der Waals surface area contributed by atoms with E-state index in [4.69, 9.17) is 26.8 Å². The van der Waals surface area contributed by atoms with Crippen molar-refractivity contribution in [1.82, 2.24) is 10.2 Å². The van der Waals surface area contributed by atoms with E-state index in [1.807, 2.05) is 24.3 Å². The highest BCUT2D eigenvalue weighted by Crippen LogP contribution is 2.23. The van der Waals surface area contributed by atoms with Crippen LogP contribution in [0.3, 0.4) is 0 Å². The lowest BCUT2D eigenvalue weighted by molar-refractivity contribution is -0.124. The van der Waals surface area contributed by atoms with Gasteiger partial charge in [0.25, 0.3) is 0 Å². The minimum absolute atomic E-state index is 0.0795. The van der Waals surface area contributed by atoms with E-state index in [2.05, 4.69) is 10.2 Å². The van der Waals surface area contributed by atoms with Crippen LogP contribution in [-0.4, -0.2) is 62.9 Å². The van der Waals surface area contributed by atoms with Gasteiger partial charge in [-0.1, -0.05) is 23.7 Å². The van der Waals surface area contributed by atoms with Gasteiger partial charge in [-0.05, 0) is 36.5 Å². The number of nitrogens with zero attached hydrogens (tertiary/aromatic N) is 1. The predicted molar refractivity (Wildman–Crippen MR) is 101 cm³/mol. The molecule has 0 bridgehead atoms. The van der Waals surface area contributed by atoms with E-state index in [9.17, 15) is 4.79 Å². The first-order valence-corrected chi connectivity index (χ1v) is 9.71. The number of carbonyl (C=O) groups is 1. The number of benzene rings is 1. The van der Waals surface area contributed by atoms with Gasteiger partial charge in [0.05, 0.1) is 25.3 Å². The minimum Gasteiger partial charge on any atom is -0.381 e. The van der Waals surface area contributed by atoms with Gasteiger partial charge in [-0.15, -0.1) is 0 Å². The van der Waals surface area contributed by atoms with Crippen molar-refractivity contribution in [2.75, 3.05) is 46.1 Å². The molecule has 6 nitrogen and oxygen atoms in total. The van der Waals surface area contributed by atoms with E-state index in [-0.39, 0.29) is 17.9 Å². The first-order valence-electron chi connectivity index (χ1n) is 9.33. The zero-order valence-corrected chi connectivity index (χ0v) is 15.8. The Morgan fingerprint density at radius 3 is 2.42 bits per heavy atom. The molecule has 2 aliphatic rings. The van der Waals surface area contributed by atoms with Crippen molar-refractivity contribution in [3.8, 4) is 0 Å². The Balaban J connectivity index is 1.63. The lowest BCUT2D eigenvalue weighted by Crippen LogP contribution is -2.50. The van der Waals surface area contributed by atoms with Crippen LogP contribution in [0.4, 0.5) is 0 Å². The molecule has 2 atom stereocenters. The number of hydrogen-bond acceptors (Lipinski definition) is 5. The Bertz CT molecular complexity index is 572. The standard InChI is InChI=1S/C19H28ClN3O3/c20-16-3-1-14(2-4-16)17(23-7-11-26-12-8-23)13-22-19(24)18(21)15-5-9-25-10-6-15/h1-4,15,17-18H,5-13,21H2,(H,22,24). The summed E-state index contributed by atoms with van der Waals surface area (Å²) in [6.07, 6.45) is 1.69. The number of hydrogen-bond donors (Lipinski definition) is 2. The van der Waals surface area contributed by atoms with Crippen molar-refractivity contribution in [3.63, 3.8) is 0 Å². The molecule has 2 fully saturated rings. The molecule has 1 amide bonds.